The smallest absolute Gasteiger partial charge is 0.321 e. The molecule has 1 heterocycles. The van der Waals surface area contributed by atoms with Gasteiger partial charge in [0.2, 0.25) is 5.91 Å². The molecule has 3 aromatic carbocycles. The van der Waals surface area contributed by atoms with Crippen molar-refractivity contribution in [3.8, 4) is 5.75 Å². The summed E-state index contributed by atoms with van der Waals surface area (Å²) in [5.74, 6) is -0.817. The van der Waals surface area contributed by atoms with Gasteiger partial charge in [-0.1, -0.05) is 37.3 Å². The SMILES string of the molecule is C[C@H]1CCCCO[C@H](CN(C)C(=O)Nc2ccc(F)cc2)[C@@H](C)CN([C@@H](C)CO)C(=O)c2cc(NC(=O)Cc3ccccc3)ccc2O1. The number of nitrogens with one attached hydrogen (secondary N) is 2. The predicted octanol–water partition coefficient (Wildman–Crippen LogP) is 5.97. The van der Waals surface area contributed by atoms with Crippen LogP contribution < -0.4 is 15.4 Å². The first-order valence-corrected chi connectivity index (χ1v) is 16.5. The molecule has 4 rings (SSSR count). The molecule has 0 radical (unpaired) electrons. The minimum absolute atomic E-state index is 0.183. The standard InChI is InChI=1S/C37H47FN4O6/c1-25-22-42(26(2)24-43)36(45)32-21-31(39-35(44)20-28-11-6-5-7-12-28)17-18-33(32)48-27(3)10-8-9-19-47-34(25)23-41(4)37(46)40-30-15-13-29(38)14-16-30/h5-7,11-18,21,25-27,34,43H,8-10,19-20,22-24H2,1-4H3,(H,39,44)(H,40,46)/t25-,26-,27-,34+/m0/s1. The number of anilines is 2. The first-order chi connectivity index (χ1) is 23.0. The lowest BCUT2D eigenvalue weighted by molar-refractivity contribution is -0.115. The second kappa shape index (κ2) is 17.6. The number of ether oxygens (including phenoxy) is 2. The van der Waals surface area contributed by atoms with Gasteiger partial charge in [0.1, 0.15) is 11.6 Å². The number of likely N-dealkylation sites (N-methyl/N-ethyl adjacent to an activating group) is 1. The van der Waals surface area contributed by atoms with Gasteiger partial charge in [-0.3, -0.25) is 9.59 Å². The fourth-order valence-electron chi connectivity index (χ4n) is 5.55. The Bertz CT molecular complexity index is 1510. The van der Waals surface area contributed by atoms with Gasteiger partial charge in [0.15, 0.2) is 0 Å². The van der Waals surface area contributed by atoms with Crippen molar-refractivity contribution in [1.29, 1.82) is 0 Å². The number of urea groups is 1. The first kappa shape index (κ1) is 36.4. The van der Waals surface area contributed by atoms with E-state index in [0.717, 1.165) is 24.8 Å². The molecule has 0 unspecified atom stereocenters. The summed E-state index contributed by atoms with van der Waals surface area (Å²) in [6.07, 6.45) is 1.88. The molecule has 4 amide bonds. The molecule has 10 nitrogen and oxygen atoms in total. The molecule has 0 saturated heterocycles. The summed E-state index contributed by atoms with van der Waals surface area (Å²) < 4.78 is 26.0. The van der Waals surface area contributed by atoms with Crippen LogP contribution in [0.3, 0.4) is 0 Å². The number of benzene rings is 3. The third-order valence-electron chi connectivity index (χ3n) is 8.44. The van der Waals surface area contributed by atoms with Crippen LogP contribution in [0.1, 0.15) is 56.0 Å². The number of amides is 4. The normalized spacial score (nSPS) is 19.7. The molecule has 3 aromatic rings. The molecule has 3 N–H and O–H groups in total. The monoisotopic (exact) mass is 662 g/mol. The number of hydrogen-bond acceptors (Lipinski definition) is 6. The second-order valence-corrected chi connectivity index (χ2v) is 12.5. The van der Waals surface area contributed by atoms with Crippen LogP contribution in [0.5, 0.6) is 5.75 Å². The molecular weight excluding hydrogens is 615 g/mol. The van der Waals surface area contributed by atoms with Crippen LogP contribution in [-0.2, 0) is 16.0 Å². The van der Waals surface area contributed by atoms with Crippen LogP contribution in [0.25, 0.3) is 0 Å². The summed E-state index contributed by atoms with van der Waals surface area (Å²) >= 11 is 0. The number of carbonyl (C=O) groups is 3. The fraction of sp³-hybridized carbons (Fsp3) is 0.432. The van der Waals surface area contributed by atoms with Crippen LogP contribution in [0, 0.1) is 11.7 Å². The molecule has 1 aliphatic rings. The first-order valence-electron chi connectivity index (χ1n) is 16.5. The second-order valence-electron chi connectivity index (χ2n) is 12.5. The molecule has 11 heteroatoms. The van der Waals surface area contributed by atoms with Crippen molar-refractivity contribution < 1.29 is 33.4 Å². The van der Waals surface area contributed by atoms with E-state index in [1.807, 2.05) is 44.2 Å². The zero-order valence-electron chi connectivity index (χ0n) is 28.2. The summed E-state index contributed by atoms with van der Waals surface area (Å²) in [5, 5.41) is 15.9. The van der Waals surface area contributed by atoms with Crippen molar-refractivity contribution in [3.63, 3.8) is 0 Å². The number of aliphatic hydroxyl groups is 1. The highest BCUT2D eigenvalue weighted by molar-refractivity contribution is 6.00. The number of carbonyl (C=O) groups excluding carboxylic acids is 3. The van der Waals surface area contributed by atoms with E-state index in [9.17, 15) is 23.9 Å². The summed E-state index contributed by atoms with van der Waals surface area (Å²) in [6, 6.07) is 19.1. The van der Waals surface area contributed by atoms with Gasteiger partial charge >= 0.3 is 6.03 Å². The van der Waals surface area contributed by atoms with Gasteiger partial charge < -0.3 is 35.0 Å². The highest BCUT2D eigenvalue weighted by Gasteiger charge is 2.31. The molecule has 0 aromatic heterocycles. The van der Waals surface area contributed by atoms with E-state index in [1.54, 1.807) is 37.1 Å². The molecule has 0 saturated carbocycles. The average molecular weight is 663 g/mol. The van der Waals surface area contributed by atoms with Crippen LogP contribution >= 0.6 is 0 Å². The van der Waals surface area contributed by atoms with Crippen molar-refractivity contribution in [2.75, 3.05) is 44.0 Å². The number of halogens is 1. The van der Waals surface area contributed by atoms with Crippen molar-refractivity contribution >= 4 is 29.2 Å². The molecule has 0 spiro atoms. The average Bonchev–Trinajstić information content (AvgIpc) is 3.07. The molecular formula is C37H47FN4O6. The third-order valence-corrected chi connectivity index (χ3v) is 8.44. The van der Waals surface area contributed by atoms with Gasteiger partial charge in [0, 0.05) is 44.0 Å². The van der Waals surface area contributed by atoms with Crippen LogP contribution in [0.15, 0.2) is 72.8 Å². The lowest BCUT2D eigenvalue weighted by Crippen LogP contribution is -2.48. The Labute approximate surface area is 282 Å². The van der Waals surface area contributed by atoms with Crippen molar-refractivity contribution in [1.82, 2.24) is 9.80 Å². The minimum atomic E-state index is -0.547. The largest absolute Gasteiger partial charge is 0.490 e. The molecule has 48 heavy (non-hydrogen) atoms. The molecule has 1 aliphatic heterocycles. The molecule has 0 fully saturated rings. The van der Waals surface area contributed by atoms with Gasteiger partial charge in [-0.25, -0.2) is 9.18 Å². The predicted molar refractivity (Wildman–Crippen MR) is 184 cm³/mol. The van der Waals surface area contributed by atoms with Crippen LogP contribution in [-0.4, -0.2) is 84.4 Å². The van der Waals surface area contributed by atoms with Crippen molar-refractivity contribution in [2.24, 2.45) is 5.92 Å². The highest BCUT2D eigenvalue weighted by Crippen LogP contribution is 2.29. The summed E-state index contributed by atoms with van der Waals surface area (Å²) in [7, 11) is 1.66. The Morgan fingerprint density at radius 1 is 1.02 bits per heavy atom. The Kier molecular flexibility index (Phi) is 13.3. The Balaban J connectivity index is 1.57. The van der Waals surface area contributed by atoms with Gasteiger partial charge in [-0.05, 0) is 81.1 Å². The third kappa shape index (κ3) is 10.5. The zero-order valence-corrected chi connectivity index (χ0v) is 28.2. The highest BCUT2D eigenvalue weighted by atomic mass is 19.1. The summed E-state index contributed by atoms with van der Waals surface area (Å²) in [5.41, 5.74) is 2.07. The van der Waals surface area contributed by atoms with Gasteiger partial charge in [-0.2, -0.15) is 0 Å². The van der Waals surface area contributed by atoms with E-state index < -0.39 is 18.0 Å². The maximum Gasteiger partial charge on any atom is 0.321 e. The summed E-state index contributed by atoms with van der Waals surface area (Å²) in [4.78, 5) is 43.3. The van der Waals surface area contributed by atoms with Crippen LogP contribution in [0.4, 0.5) is 20.6 Å². The van der Waals surface area contributed by atoms with E-state index in [0.29, 0.717) is 23.7 Å². The lowest BCUT2D eigenvalue weighted by atomic mass is 10.0. The quantitative estimate of drug-likeness (QED) is 0.274. The van der Waals surface area contributed by atoms with E-state index in [2.05, 4.69) is 10.6 Å². The Morgan fingerprint density at radius 2 is 1.73 bits per heavy atom. The molecule has 0 bridgehead atoms. The van der Waals surface area contributed by atoms with Gasteiger partial charge in [0.25, 0.3) is 5.91 Å². The van der Waals surface area contributed by atoms with E-state index >= 15 is 0 Å². The molecule has 258 valence electrons. The zero-order chi connectivity index (χ0) is 34.6. The summed E-state index contributed by atoms with van der Waals surface area (Å²) in [6.45, 7) is 6.30. The number of rotatable bonds is 8. The van der Waals surface area contributed by atoms with Gasteiger partial charge in [-0.15, -0.1) is 0 Å². The maximum atomic E-state index is 14.3. The Morgan fingerprint density at radius 3 is 2.44 bits per heavy atom. The number of aliphatic hydroxyl groups excluding tert-OH is 1. The molecule has 4 atom stereocenters. The van der Waals surface area contributed by atoms with E-state index in [1.165, 1.54) is 29.2 Å². The number of hydrogen-bond donors (Lipinski definition) is 3. The number of fused-ring (bicyclic) bond motifs is 1. The maximum absolute atomic E-state index is 14.3. The van der Waals surface area contributed by atoms with E-state index in [-0.39, 0.29) is 61.5 Å². The molecule has 0 aliphatic carbocycles. The van der Waals surface area contributed by atoms with Gasteiger partial charge in [0.05, 0.1) is 36.8 Å². The number of nitrogens with zero attached hydrogens (tertiary/aromatic N) is 2. The van der Waals surface area contributed by atoms with Crippen LogP contribution in [0.2, 0.25) is 0 Å². The fourth-order valence-corrected chi connectivity index (χ4v) is 5.55. The minimum Gasteiger partial charge on any atom is -0.490 e. The topological polar surface area (TPSA) is 120 Å². The lowest BCUT2D eigenvalue weighted by Gasteiger charge is -2.35. The van der Waals surface area contributed by atoms with Crippen molar-refractivity contribution in [3.05, 3.63) is 89.7 Å². The Hall–Kier alpha value is -4.48. The van der Waals surface area contributed by atoms with E-state index in [4.69, 9.17) is 9.47 Å². The van der Waals surface area contributed by atoms with Crippen molar-refractivity contribution in [2.45, 2.75) is 64.7 Å².